The van der Waals surface area contributed by atoms with E-state index in [-0.39, 0.29) is 12.1 Å². The van der Waals surface area contributed by atoms with Crippen molar-refractivity contribution in [2.75, 3.05) is 5.32 Å². The molecule has 0 amide bonds. The Kier molecular flexibility index (Phi) is 5.24. The Labute approximate surface area is 183 Å². The van der Waals surface area contributed by atoms with Crippen molar-refractivity contribution >= 4 is 21.9 Å². The van der Waals surface area contributed by atoms with Crippen LogP contribution in [0, 0.1) is 0 Å². The van der Waals surface area contributed by atoms with Gasteiger partial charge in [0.1, 0.15) is 18.7 Å². The fourth-order valence-electron chi connectivity index (χ4n) is 3.84. The maximum absolute atomic E-state index is 5.94. The summed E-state index contributed by atoms with van der Waals surface area (Å²) in [7, 11) is 0. The average molecular weight is 461 g/mol. The number of fused-ring (bicyclic) bond motifs is 1. The number of rotatable bonds is 5. The summed E-state index contributed by atoms with van der Waals surface area (Å²) in [6, 6.07) is 27.2. The molecule has 4 aromatic rings. The molecule has 1 N–H and O–H groups in total. The van der Waals surface area contributed by atoms with Crippen LogP contribution in [0.4, 0.5) is 5.95 Å². The van der Waals surface area contributed by atoms with Gasteiger partial charge in [0.05, 0.1) is 12.1 Å². The maximum atomic E-state index is 5.94. The van der Waals surface area contributed by atoms with Crippen molar-refractivity contribution in [3.63, 3.8) is 0 Å². The number of aromatic nitrogens is 3. The van der Waals surface area contributed by atoms with Crippen LogP contribution in [0.3, 0.4) is 0 Å². The van der Waals surface area contributed by atoms with Crippen LogP contribution in [0.2, 0.25) is 0 Å². The Bertz CT molecular complexity index is 1110. The van der Waals surface area contributed by atoms with Crippen LogP contribution in [0.5, 0.6) is 5.75 Å². The third kappa shape index (κ3) is 3.96. The fraction of sp³-hybridized carbons (Fsp3) is 0.167. The molecule has 6 heteroatoms. The van der Waals surface area contributed by atoms with Crippen molar-refractivity contribution in [3.8, 4) is 5.75 Å². The van der Waals surface area contributed by atoms with Crippen LogP contribution in [0.1, 0.15) is 35.2 Å². The van der Waals surface area contributed by atoms with Crippen LogP contribution >= 0.6 is 15.9 Å². The molecule has 0 saturated heterocycles. The highest BCUT2D eigenvalue weighted by Crippen LogP contribution is 2.37. The number of anilines is 1. The Morgan fingerprint density at radius 2 is 1.67 bits per heavy atom. The molecule has 0 saturated carbocycles. The van der Waals surface area contributed by atoms with E-state index in [1.807, 2.05) is 35.0 Å². The van der Waals surface area contributed by atoms with Crippen molar-refractivity contribution in [1.29, 1.82) is 0 Å². The quantitative estimate of drug-likeness (QED) is 0.410. The van der Waals surface area contributed by atoms with Gasteiger partial charge in [-0.3, -0.25) is 0 Å². The second kappa shape index (κ2) is 8.32. The number of benzene rings is 3. The van der Waals surface area contributed by atoms with Gasteiger partial charge in [-0.25, -0.2) is 4.68 Å². The predicted molar refractivity (Wildman–Crippen MR) is 120 cm³/mol. The van der Waals surface area contributed by atoms with E-state index in [0.717, 1.165) is 28.2 Å². The van der Waals surface area contributed by atoms with Crippen molar-refractivity contribution in [2.45, 2.75) is 25.1 Å². The van der Waals surface area contributed by atoms with Crippen LogP contribution in [-0.2, 0) is 6.61 Å². The first-order valence-electron chi connectivity index (χ1n) is 9.94. The fourth-order valence-corrected chi connectivity index (χ4v) is 4.10. The molecule has 30 heavy (non-hydrogen) atoms. The first-order valence-corrected chi connectivity index (χ1v) is 10.7. The summed E-state index contributed by atoms with van der Waals surface area (Å²) < 4.78 is 8.98. The molecule has 1 aromatic heterocycles. The number of nitrogens with zero attached hydrogens (tertiary/aromatic N) is 3. The second-order valence-electron chi connectivity index (χ2n) is 7.37. The van der Waals surface area contributed by atoms with Crippen molar-refractivity contribution in [1.82, 2.24) is 14.8 Å². The second-order valence-corrected chi connectivity index (χ2v) is 8.29. The zero-order valence-electron chi connectivity index (χ0n) is 16.3. The van der Waals surface area contributed by atoms with Crippen LogP contribution < -0.4 is 10.1 Å². The van der Waals surface area contributed by atoms with E-state index in [1.165, 1.54) is 11.1 Å². The lowest BCUT2D eigenvalue weighted by molar-refractivity contribution is 0.306. The Morgan fingerprint density at radius 3 is 2.43 bits per heavy atom. The zero-order valence-corrected chi connectivity index (χ0v) is 17.9. The average Bonchev–Trinajstić information content (AvgIpc) is 3.27. The molecule has 0 fully saturated rings. The summed E-state index contributed by atoms with van der Waals surface area (Å²) in [5.41, 5.74) is 3.59. The molecule has 2 atom stereocenters. The number of halogens is 1. The summed E-state index contributed by atoms with van der Waals surface area (Å²) in [5.74, 6) is 1.66. The number of nitrogens with one attached hydrogen (secondary N) is 1. The van der Waals surface area contributed by atoms with E-state index < -0.39 is 0 Å². The van der Waals surface area contributed by atoms with E-state index >= 15 is 0 Å². The van der Waals surface area contributed by atoms with E-state index in [2.05, 4.69) is 79.9 Å². The minimum absolute atomic E-state index is 0.112. The lowest BCUT2D eigenvalue weighted by Crippen LogP contribution is -2.28. The Balaban J connectivity index is 1.35. The topological polar surface area (TPSA) is 52.0 Å². The van der Waals surface area contributed by atoms with Gasteiger partial charge in [-0.1, -0.05) is 70.5 Å². The van der Waals surface area contributed by atoms with Gasteiger partial charge < -0.3 is 10.1 Å². The molecule has 2 heterocycles. The highest BCUT2D eigenvalue weighted by atomic mass is 79.9. The van der Waals surface area contributed by atoms with Gasteiger partial charge >= 0.3 is 0 Å². The molecule has 1 aliphatic heterocycles. The summed E-state index contributed by atoms with van der Waals surface area (Å²) >= 11 is 3.51. The standard InChI is InChI=1S/C24H21BrN4O/c25-20-10-6-18(7-11-20)22-14-23(29-24(28-22)26-16-27-29)19-8-12-21(13-9-19)30-15-17-4-2-1-3-5-17/h1-13,16,22-23H,14-15H2,(H,26,27,28)/t22-,23+/m1/s1. The summed E-state index contributed by atoms with van der Waals surface area (Å²) in [6.45, 7) is 0.562. The molecule has 0 spiro atoms. The number of hydrogen-bond acceptors (Lipinski definition) is 4. The Morgan fingerprint density at radius 1 is 0.933 bits per heavy atom. The first-order chi connectivity index (χ1) is 14.8. The molecule has 5 nitrogen and oxygen atoms in total. The SMILES string of the molecule is Brc1ccc([C@H]2C[C@@H](c3ccc(OCc4ccccc4)cc3)n3ncnc3N2)cc1. The predicted octanol–water partition coefficient (Wildman–Crippen LogP) is 5.77. The van der Waals surface area contributed by atoms with E-state index in [0.29, 0.717) is 6.61 Å². The van der Waals surface area contributed by atoms with Gasteiger partial charge in [-0.05, 0) is 47.4 Å². The highest BCUT2D eigenvalue weighted by molar-refractivity contribution is 9.10. The minimum Gasteiger partial charge on any atom is -0.489 e. The lowest BCUT2D eigenvalue weighted by atomic mass is 9.93. The summed E-state index contributed by atoms with van der Waals surface area (Å²) in [4.78, 5) is 4.41. The molecule has 1 aliphatic rings. The molecule has 3 aromatic carbocycles. The first kappa shape index (κ1) is 18.9. The number of ether oxygens (including phenoxy) is 1. The Hall–Kier alpha value is -3.12. The molecule has 5 rings (SSSR count). The smallest absolute Gasteiger partial charge is 0.222 e. The summed E-state index contributed by atoms with van der Waals surface area (Å²) in [6.07, 6.45) is 2.50. The van der Waals surface area contributed by atoms with Crippen LogP contribution in [-0.4, -0.2) is 14.8 Å². The van der Waals surface area contributed by atoms with E-state index in [9.17, 15) is 0 Å². The monoisotopic (exact) mass is 460 g/mol. The molecular weight excluding hydrogens is 440 g/mol. The third-order valence-corrected chi connectivity index (χ3v) is 5.94. The molecule has 0 bridgehead atoms. The largest absolute Gasteiger partial charge is 0.489 e. The highest BCUT2D eigenvalue weighted by Gasteiger charge is 2.29. The maximum Gasteiger partial charge on any atom is 0.222 e. The van der Waals surface area contributed by atoms with Crippen LogP contribution in [0.15, 0.2) is 89.7 Å². The zero-order chi connectivity index (χ0) is 20.3. The van der Waals surface area contributed by atoms with Crippen LogP contribution in [0.25, 0.3) is 0 Å². The molecule has 150 valence electrons. The molecule has 0 aliphatic carbocycles. The normalized spacial score (nSPS) is 17.8. The lowest BCUT2D eigenvalue weighted by Gasteiger charge is -2.32. The van der Waals surface area contributed by atoms with E-state index in [1.54, 1.807) is 6.33 Å². The number of hydrogen-bond donors (Lipinski definition) is 1. The van der Waals surface area contributed by atoms with Crippen molar-refractivity contribution in [3.05, 3.63) is 106 Å². The van der Waals surface area contributed by atoms with Gasteiger partial charge in [-0.2, -0.15) is 10.1 Å². The van der Waals surface area contributed by atoms with Gasteiger partial charge in [0.25, 0.3) is 0 Å². The van der Waals surface area contributed by atoms with Gasteiger partial charge in [-0.15, -0.1) is 0 Å². The molecule has 0 radical (unpaired) electrons. The third-order valence-electron chi connectivity index (χ3n) is 5.42. The van der Waals surface area contributed by atoms with E-state index in [4.69, 9.17) is 4.74 Å². The van der Waals surface area contributed by atoms with Crippen molar-refractivity contribution in [2.24, 2.45) is 0 Å². The van der Waals surface area contributed by atoms with Gasteiger partial charge in [0.15, 0.2) is 0 Å². The van der Waals surface area contributed by atoms with Gasteiger partial charge in [0.2, 0.25) is 5.95 Å². The molecule has 0 unspecified atom stereocenters. The molecular formula is C24H21BrN4O. The van der Waals surface area contributed by atoms with Gasteiger partial charge in [0, 0.05) is 4.47 Å². The summed E-state index contributed by atoms with van der Waals surface area (Å²) in [5, 5.41) is 7.97. The minimum atomic E-state index is 0.112. The van der Waals surface area contributed by atoms with Crippen molar-refractivity contribution < 1.29 is 4.74 Å².